The molecule has 198 valence electrons. The lowest BCUT2D eigenvalue weighted by molar-refractivity contribution is -0.114. The quantitative estimate of drug-likeness (QED) is 0.349. The normalized spacial score (nSPS) is 15.0. The smallest absolute Gasteiger partial charge is 0.272 e. The Morgan fingerprint density at radius 2 is 1.92 bits per heavy atom. The molecule has 4 aromatic heterocycles. The molecule has 1 aliphatic heterocycles. The molecule has 6 rings (SSSR count). The van der Waals surface area contributed by atoms with Crippen molar-refractivity contribution in [1.29, 1.82) is 0 Å². The summed E-state index contributed by atoms with van der Waals surface area (Å²) < 4.78 is 11.6. The van der Waals surface area contributed by atoms with Gasteiger partial charge < -0.3 is 19.1 Å². The van der Waals surface area contributed by atoms with Crippen molar-refractivity contribution >= 4 is 28.6 Å². The maximum absolute atomic E-state index is 13.4. The van der Waals surface area contributed by atoms with Gasteiger partial charge in [0.15, 0.2) is 11.4 Å². The summed E-state index contributed by atoms with van der Waals surface area (Å²) in [4.78, 5) is 39.0. The summed E-state index contributed by atoms with van der Waals surface area (Å²) in [7, 11) is 1.72. The minimum atomic E-state index is -0.294. The van der Waals surface area contributed by atoms with Gasteiger partial charge in [-0.05, 0) is 47.7 Å². The number of hydrogen-bond donors (Lipinski definition) is 1. The van der Waals surface area contributed by atoms with Crippen LogP contribution in [0.5, 0.6) is 0 Å². The lowest BCUT2D eigenvalue weighted by atomic mass is 10.1. The number of amides is 2. The van der Waals surface area contributed by atoms with Gasteiger partial charge in [-0.15, -0.1) is 10.2 Å². The summed E-state index contributed by atoms with van der Waals surface area (Å²) in [5.74, 6) is 1.29. The monoisotopic (exact) mass is 527 g/mol. The number of hydrogen-bond acceptors (Lipinski definition) is 10. The summed E-state index contributed by atoms with van der Waals surface area (Å²) in [6, 6.07) is 12.1. The van der Waals surface area contributed by atoms with Gasteiger partial charge in [-0.2, -0.15) is 4.80 Å². The van der Waals surface area contributed by atoms with E-state index in [0.29, 0.717) is 65.9 Å². The fraction of sp³-hybridized carbons (Fsp3) is 0.269. The van der Waals surface area contributed by atoms with Crippen LogP contribution in [0.1, 0.15) is 35.0 Å². The molecule has 1 N–H and O–H groups in total. The third-order valence-corrected chi connectivity index (χ3v) is 6.48. The number of nitrogens with zero attached hydrogens (tertiary/aromatic N) is 8. The minimum absolute atomic E-state index is 0.168. The van der Waals surface area contributed by atoms with Crippen LogP contribution in [0.3, 0.4) is 0 Å². The molecule has 1 unspecified atom stereocenters. The molecule has 1 saturated heterocycles. The third kappa shape index (κ3) is 4.99. The van der Waals surface area contributed by atoms with Crippen molar-refractivity contribution in [1.82, 2.24) is 40.0 Å². The molecule has 39 heavy (non-hydrogen) atoms. The van der Waals surface area contributed by atoms with Crippen LogP contribution < -0.4 is 5.32 Å². The SMILES string of the molecule is CC(=O)Nc1ccc2oc(-c3ccnc(C(=O)N4CCN(C(c5nnn(C)n5)c5ccco5)CC4)c3)nc2c1. The maximum Gasteiger partial charge on any atom is 0.272 e. The van der Waals surface area contributed by atoms with Crippen molar-refractivity contribution in [3.8, 4) is 11.5 Å². The molecule has 0 saturated carbocycles. The third-order valence-electron chi connectivity index (χ3n) is 6.48. The lowest BCUT2D eigenvalue weighted by Crippen LogP contribution is -2.50. The Morgan fingerprint density at radius 3 is 2.64 bits per heavy atom. The van der Waals surface area contributed by atoms with Gasteiger partial charge in [0, 0.05) is 50.6 Å². The molecule has 0 spiro atoms. The van der Waals surface area contributed by atoms with Crippen molar-refractivity contribution in [2.45, 2.75) is 13.0 Å². The number of fused-ring (bicyclic) bond motifs is 1. The largest absolute Gasteiger partial charge is 0.467 e. The van der Waals surface area contributed by atoms with Gasteiger partial charge >= 0.3 is 0 Å². The summed E-state index contributed by atoms with van der Waals surface area (Å²) in [6.45, 7) is 3.63. The summed E-state index contributed by atoms with van der Waals surface area (Å²) in [5, 5.41) is 15.3. The van der Waals surface area contributed by atoms with E-state index in [2.05, 4.69) is 35.6 Å². The number of carbonyl (C=O) groups excluding carboxylic acids is 2. The summed E-state index contributed by atoms with van der Waals surface area (Å²) in [6.07, 6.45) is 3.19. The predicted octanol–water partition coefficient (Wildman–Crippen LogP) is 2.51. The van der Waals surface area contributed by atoms with Crippen LogP contribution in [0, 0.1) is 0 Å². The van der Waals surface area contributed by atoms with Gasteiger partial charge in [0.1, 0.15) is 23.0 Å². The van der Waals surface area contributed by atoms with E-state index in [1.165, 1.54) is 11.7 Å². The first kappa shape index (κ1) is 24.4. The average molecular weight is 528 g/mol. The standard InChI is InChI=1S/C26H25N9O4/c1-16(36)28-18-5-6-21-19(15-18)29-25(39-21)17-7-8-27-20(14-17)26(37)35-11-9-34(10-12-35)23(22-4-3-13-38-22)24-30-32-33(2)31-24/h3-8,13-15,23H,9-12H2,1-2H3,(H,28,36). The zero-order valence-electron chi connectivity index (χ0n) is 21.3. The van der Waals surface area contributed by atoms with Gasteiger partial charge in [-0.1, -0.05) is 0 Å². The Morgan fingerprint density at radius 1 is 1.08 bits per heavy atom. The zero-order valence-corrected chi connectivity index (χ0v) is 21.3. The lowest BCUT2D eigenvalue weighted by Gasteiger charge is -2.37. The molecule has 0 aliphatic carbocycles. The highest BCUT2D eigenvalue weighted by Crippen LogP contribution is 2.29. The number of pyridine rings is 1. The fourth-order valence-corrected chi connectivity index (χ4v) is 4.68. The highest BCUT2D eigenvalue weighted by Gasteiger charge is 2.33. The number of rotatable bonds is 6. The summed E-state index contributed by atoms with van der Waals surface area (Å²) >= 11 is 0. The molecule has 0 radical (unpaired) electrons. The Bertz CT molecular complexity index is 1630. The number of carbonyl (C=O) groups is 2. The van der Waals surface area contributed by atoms with Crippen molar-refractivity contribution in [2.75, 3.05) is 31.5 Å². The van der Waals surface area contributed by atoms with Crippen LogP contribution in [0.25, 0.3) is 22.6 Å². The van der Waals surface area contributed by atoms with E-state index < -0.39 is 0 Å². The molecule has 13 heteroatoms. The van der Waals surface area contributed by atoms with E-state index in [9.17, 15) is 9.59 Å². The molecule has 13 nitrogen and oxygen atoms in total. The number of benzene rings is 1. The molecule has 1 atom stereocenters. The molecule has 0 bridgehead atoms. The van der Waals surface area contributed by atoms with Crippen LogP contribution in [-0.4, -0.2) is 78.0 Å². The number of aryl methyl sites for hydroxylation is 1. The van der Waals surface area contributed by atoms with E-state index in [0.717, 1.165) is 5.76 Å². The van der Waals surface area contributed by atoms with Crippen molar-refractivity contribution in [3.63, 3.8) is 0 Å². The van der Waals surface area contributed by atoms with Crippen LogP contribution in [0.15, 0.2) is 63.8 Å². The Balaban J connectivity index is 1.17. The van der Waals surface area contributed by atoms with E-state index in [1.54, 1.807) is 54.7 Å². The van der Waals surface area contributed by atoms with Gasteiger partial charge in [0.25, 0.3) is 5.91 Å². The molecule has 1 aromatic carbocycles. The van der Waals surface area contributed by atoms with Crippen LogP contribution >= 0.6 is 0 Å². The Labute approximate surface area is 222 Å². The van der Waals surface area contributed by atoms with Crippen LogP contribution in [0.2, 0.25) is 0 Å². The Kier molecular flexibility index (Phi) is 6.32. The van der Waals surface area contributed by atoms with E-state index in [4.69, 9.17) is 8.83 Å². The highest BCUT2D eigenvalue weighted by molar-refractivity contribution is 5.94. The molecule has 5 heterocycles. The van der Waals surface area contributed by atoms with Gasteiger partial charge in [-0.3, -0.25) is 19.5 Å². The first-order chi connectivity index (χ1) is 18.9. The van der Waals surface area contributed by atoms with Gasteiger partial charge in [0.05, 0.1) is 13.3 Å². The van der Waals surface area contributed by atoms with Crippen molar-refractivity contribution in [2.24, 2.45) is 7.05 Å². The molecule has 1 aliphatic rings. The van der Waals surface area contributed by atoms with E-state index in [1.807, 2.05) is 12.1 Å². The van der Waals surface area contributed by atoms with Crippen LogP contribution in [-0.2, 0) is 11.8 Å². The Hall–Kier alpha value is -4.91. The van der Waals surface area contributed by atoms with Crippen molar-refractivity contribution in [3.05, 3.63) is 72.2 Å². The van der Waals surface area contributed by atoms with Crippen molar-refractivity contribution < 1.29 is 18.4 Å². The van der Waals surface area contributed by atoms with Gasteiger partial charge in [-0.25, -0.2) is 4.98 Å². The van der Waals surface area contributed by atoms with Crippen LogP contribution in [0.4, 0.5) is 5.69 Å². The first-order valence-electron chi connectivity index (χ1n) is 12.4. The van der Waals surface area contributed by atoms with E-state index in [-0.39, 0.29) is 17.9 Å². The molecule has 5 aromatic rings. The average Bonchev–Trinajstić information content (AvgIpc) is 3.70. The zero-order chi connectivity index (χ0) is 26.9. The predicted molar refractivity (Wildman–Crippen MR) is 138 cm³/mol. The number of nitrogens with one attached hydrogen (secondary N) is 1. The van der Waals surface area contributed by atoms with E-state index >= 15 is 0 Å². The minimum Gasteiger partial charge on any atom is -0.467 e. The topological polar surface area (TPSA) is 148 Å². The highest BCUT2D eigenvalue weighted by atomic mass is 16.3. The fourth-order valence-electron chi connectivity index (χ4n) is 4.68. The number of oxazole rings is 1. The second-order valence-electron chi connectivity index (χ2n) is 9.20. The molecule has 2 amide bonds. The number of aromatic nitrogens is 6. The van der Waals surface area contributed by atoms with Gasteiger partial charge in [0.2, 0.25) is 11.8 Å². The molecule has 1 fully saturated rings. The number of anilines is 1. The second-order valence-corrected chi connectivity index (χ2v) is 9.20. The summed E-state index contributed by atoms with van der Waals surface area (Å²) in [5.41, 5.74) is 2.74. The maximum atomic E-state index is 13.4. The molecular weight excluding hydrogens is 502 g/mol. The number of piperazine rings is 1. The second kappa shape index (κ2) is 10.1. The molecular formula is C26H25N9O4. The number of furan rings is 1. The first-order valence-corrected chi connectivity index (χ1v) is 12.4. The number of tetrazole rings is 1.